The van der Waals surface area contributed by atoms with E-state index in [2.05, 4.69) is 89.8 Å². The Balaban J connectivity index is 1.57. The molecule has 1 aliphatic heterocycles. The number of benzene rings is 2. The Kier molecular flexibility index (Phi) is 7.51. The highest BCUT2D eigenvalue weighted by Crippen LogP contribution is 2.55. The molecule has 39 heavy (non-hydrogen) atoms. The van der Waals surface area contributed by atoms with Crippen LogP contribution in [-0.4, -0.2) is 16.9 Å². The van der Waals surface area contributed by atoms with Gasteiger partial charge in [0.25, 0.3) is 0 Å². The normalized spacial score (nSPS) is 24.3. The number of hydrogen-bond acceptors (Lipinski definition) is 3. The third-order valence-corrected chi connectivity index (χ3v) is 8.33. The standard InChI is InChI=1S/C34H36FN3O/c1-25(39)37-29-12-14-30(15-13-29)38-24-31(33(2)20-16-28(35)17-21-33)34(3,27-18-22-36-23-19-27)32(38)11-7-10-26-8-5-4-6-9-26/h4-6,8-9,12-20,22-24,32H,7,10-11,21H2,1-3H3,(H,37,39). The lowest BCUT2D eigenvalue weighted by Gasteiger charge is -2.43. The van der Waals surface area contributed by atoms with Crippen LogP contribution in [0.2, 0.25) is 0 Å². The van der Waals surface area contributed by atoms with E-state index in [4.69, 9.17) is 0 Å². The molecular weight excluding hydrogens is 485 g/mol. The van der Waals surface area contributed by atoms with Crippen molar-refractivity contribution >= 4 is 17.3 Å². The summed E-state index contributed by atoms with van der Waals surface area (Å²) in [5.41, 5.74) is 4.96. The van der Waals surface area contributed by atoms with Crippen LogP contribution in [-0.2, 0) is 16.6 Å². The molecule has 0 spiro atoms. The van der Waals surface area contributed by atoms with E-state index in [1.807, 2.05) is 30.6 Å². The predicted octanol–water partition coefficient (Wildman–Crippen LogP) is 7.91. The van der Waals surface area contributed by atoms with Gasteiger partial charge in [0.2, 0.25) is 5.91 Å². The zero-order valence-corrected chi connectivity index (χ0v) is 22.9. The Morgan fingerprint density at radius 2 is 1.77 bits per heavy atom. The summed E-state index contributed by atoms with van der Waals surface area (Å²) >= 11 is 0. The van der Waals surface area contributed by atoms with Crippen molar-refractivity contribution in [2.75, 3.05) is 10.2 Å². The summed E-state index contributed by atoms with van der Waals surface area (Å²) < 4.78 is 14.1. The molecular formula is C34H36FN3O. The van der Waals surface area contributed by atoms with E-state index in [1.54, 1.807) is 12.2 Å². The number of rotatable bonds is 8. The topological polar surface area (TPSA) is 45.2 Å². The van der Waals surface area contributed by atoms with Crippen LogP contribution < -0.4 is 10.2 Å². The Morgan fingerprint density at radius 1 is 1.05 bits per heavy atom. The third kappa shape index (κ3) is 5.44. The number of aryl methyl sites for hydroxylation is 1. The van der Waals surface area contributed by atoms with Crippen LogP contribution >= 0.6 is 0 Å². The van der Waals surface area contributed by atoms with Crippen LogP contribution in [0, 0.1) is 5.41 Å². The van der Waals surface area contributed by atoms with Crippen molar-refractivity contribution in [3.63, 3.8) is 0 Å². The zero-order chi connectivity index (χ0) is 27.5. The number of amides is 1. The molecule has 0 saturated carbocycles. The number of nitrogens with one attached hydrogen (secondary N) is 1. The molecule has 5 heteroatoms. The van der Waals surface area contributed by atoms with Gasteiger partial charge in [-0.05, 0) is 97.9 Å². The smallest absolute Gasteiger partial charge is 0.221 e. The van der Waals surface area contributed by atoms with Crippen molar-refractivity contribution < 1.29 is 9.18 Å². The molecule has 2 aliphatic rings. The Hall–Kier alpha value is -3.99. The van der Waals surface area contributed by atoms with Gasteiger partial charge < -0.3 is 10.2 Å². The average Bonchev–Trinajstić information content (AvgIpc) is 3.25. The Morgan fingerprint density at radius 3 is 2.41 bits per heavy atom. The second kappa shape index (κ2) is 11.0. The van der Waals surface area contributed by atoms with Crippen molar-refractivity contribution in [2.45, 2.75) is 57.9 Å². The van der Waals surface area contributed by atoms with Gasteiger partial charge in [0.1, 0.15) is 5.83 Å². The minimum Gasteiger partial charge on any atom is -0.344 e. The van der Waals surface area contributed by atoms with E-state index >= 15 is 0 Å². The molecule has 0 radical (unpaired) electrons. The monoisotopic (exact) mass is 521 g/mol. The van der Waals surface area contributed by atoms with Gasteiger partial charge in [0.05, 0.1) is 0 Å². The fraction of sp³-hybridized carbons (Fsp3) is 0.294. The number of carbonyl (C=O) groups is 1. The largest absolute Gasteiger partial charge is 0.344 e. The lowest BCUT2D eigenvalue weighted by Crippen LogP contribution is -2.45. The van der Waals surface area contributed by atoms with E-state index in [-0.39, 0.29) is 28.6 Å². The minimum atomic E-state index is -0.337. The minimum absolute atomic E-state index is 0.0903. The van der Waals surface area contributed by atoms with Crippen molar-refractivity contribution in [2.24, 2.45) is 5.41 Å². The molecule has 1 amide bonds. The number of aromatic nitrogens is 1. The summed E-state index contributed by atoms with van der Waals surface area (Å²) in [7, 11) is 0. The fourth-order valence-electron chi connectivity index (χ4n) is 6.26. The highest BCUT2D eigenvalue weighted by Gasteiger charge is 2.52. The highest BCUT2D eigenvalue weighted by molar-refractivity contribution is 5.88. The Bertz CT molecular complexity index is 1400. The SMILES string of the molecule is CC(=O)Nc1ccc(N2C=C(C3(C)C=CC(F)=CC3)C(C)(c3ccncc3)C2CCCc2ccccc2)cc1. The second-order valence-corrected chi connectivity index (χ2v) is 11.1. The summed E-state index contributed by atoms with van der Waals surface area (Å²) in [5.74, 6) is -0.269. The van der Waals surface area contributed by atoms with Crippen molar-refractivity contribution in [1.29, 1.82) is 0 Å². The van der Waals surface area contributed by atoms with E-state index in [9.17, 15) is 9.18 Å². The van der Waals surface area contributed by atoms with Crippen molar-refractivity contribution in [1.82, 2.24) is 4.98 Å². The molecule has 3 atom stereocenters. The van der Waals surface area contributed by atoms with Crippen molar-refractivity contribution in [3.8, 4) is 0 Å². The first kappa shape index (κ1) is 26.6. The maximum absolute atomic E-state index is 14.1. The van der Waals surface area contributed by atoms with E-state index < -0.39 is 0 Å². The molecule has 0 saturated heterocycles. The van der Waals surface area contributed by atoms with Crippen LogP contribution in [0.5, 0.6) is 0 Å². The lowest BCUT2D eigenvalue weighted by molar-refractivity contribution is -0.114. The number of carbonyl (C=O) groups excluding carboxylic acids is 1. The van der Waals surface area contributed by atoms with Gasteiger partial charge in [0.15, 0.2) is 0 Å². The first-order chi connectivity index (χ1) is 18.8. The molecule has 4 nitrogen and oxygen atoms in total. The number of anilines is 2. The van der Waals surface area contributed by atoms with Crippen LogP contribution in [0.3, 0.4) is 0 Å². The van der Waals surface area contributed by atoms with Crippen LogP contribution in [0.25, 0.3) is 0 Å². The lowest BCUT2D eigenvalue weighted by atomic mass is 9.61. The summed E-state index contributed by atoms with van der Waals surface area (Å²) in [6, 6.07) is 23.0. The average molecular weight is 522 g/mol. The first-order valence-corrected chi connectivity index (χ1v) is 13.7. The molecule has 0 fully saturated rings. The predicted molar refractivity (Wildman–Crippen MR) is 157 cm³/mol. The zero-order valence-electron chi connectivity index (χ0n) is 22.9. The molecule has 5 rings (SSSR count). The molecule has 200 valence electrons. The molecule has 1 aromatic heterocycles. The molecule has 2 aromatic carbocycles. The maximum atomic E-state index is 14.1. The maximum Gasteiger partial charge on any atom is 0.221 e. The molecule has 1 N–H and O–H groups in total. The Labute approximate surface area is 231 Å². The molecule has 1 aliphatic carbocycles. The first-order valence-electron chi connectivity index (χ1n) is 13.7. The van der Waals surface area contributed by atoms with Gasteiger partial charge in [0, 0.05) is 53.8 Å². The van der Waals surface area contributed by atoms with Gasteiger partial charge in [-0.2, -0.15) is 0 Å². The van der Waals surface area contributed by atoms with Gasteiger partial charge >= 0.3 is 0 Å². The second-order valence-electron chi connectivity index (χ2n) is 11.1. The van der Waals surface area contributed by atoms with E-state index in [0.717, 1.165) is 30.6 Å². The van der Waals surface area contributed by atoms with Gasteiger partial charge in [-0.15, -0.1) is 0 Å². The van der Waals surface area contributed by atoms with Gasteiger partial charge in [-0.25, -0.2) is 4.39 Å². The number of nitrogens with zero attached hydrogens (tertiary/aromatic N) is 2. The number of hydrogen-bond donors (Lipinski definition) is 1. The fourth-order valence-corrected chi connectivity index (χ4v) is 6.26. The number of pyridine rings is 1. The number of halogens is 1. The van der Waals surface area contributed by atoms with E-state index in [0.29, 0.717) is 6.42 Å². The molecule has 2 heterocycles. The van der Waals surface area contributed by atoms with Crippen LogP contribution in [0.15, 0.2) is 115 Å². The summed E-state index contributed by atoms with van der Waals surface area (Å²) in [5, 5.41) is 2.87. The highest BCUT2D eigenvalue weighted by atomic mass is 19.1. The third-order valence-electron chi connectivity index (χ3n) is 8.33. The summed E-state index contributed by atoms with van der Waals surface area (Å²) in [4.78, 5) is 18.3. The number of allylic oxidation sites excluding steroid dienone is 4. The van der Waals surface area contributed by atoms with E-state index in [1.165, 1.54) is 23.6 Å². The summed E-state index contributed by atoms with van der Waals surface area (Å²) in [6.45, 7) is 6.06. The van der Waals surface area contributed by atoms with Crippen LogP contribution in [0.1, 0.15) is 51.2 Å². The van der Waals surface area contributed by atoms with Crippen molar-refractivity contribution in [3.05, 3.63) is 126 Å². The summed E-state index contributed by atoms with van der Waals surface area (Å²) in [6.07, 6.45) is 14.9. The molecule has 3 unspecified atom stereocenters. The van der Waals surface area contributed by atoms with Gasteiger partial charge in [-0.3, -0.25) is 9.78 Å². The van der Waals surface area contributed by atoms with Gasteiger partial charge in [-0.1, -0.05) is 43.3 Å². The molecule has 3 aromatic rings. The molecule has 0 bridgehead atoms. The quantitative estimate of drug-likeness (QED) is 0.328. The van der Waals surface area contributed by atoms with Crippen LogP contribution in [0.4, 0.5) is 15.8 Å².